The number of benzene rings is 2. The highest BCUT2D eigenvalue weighted by Crippen LogP contribution is 2.13. The minimum atomic E-state index is -0.418. The molecule has 0 spiro atoms. The summed E-state index contributed by atoms with van der Waals surface area (Å²) in [5.74, 6) is -0.863. The summed E-state index contributed by atoms with van der Waals surface area (Å²) in [6.45, 7) is 2.42. The Hall–Kier alpha value is -3.81. The molecule has 3 rings (SSSR count). The van der Waals surface area contributed by atoms with Gasteiger partial charge in [-0.15, -0.1) is 0 Å². The fraction of sp³-hybridized carbons (Fsp3) is 0.143. The van der Waals surface area contributed by atoms with E-state index in [2.05, 4.69) is 20.6 Å². The minimum Gasteiger partial charge on any atom is -0.462 e. The van der Waals surface area contributed by atoms with Gasteiger partial charge in [-0.1, -0.05) is 12.1 Å². The van der Waals surface area contributed by atoms with Crippen LogP contribution in [0.1, 0.15) is 33.3 Å². The summed E-state index contributed by atoms with van der Waals surface area (Å²) >= 11 is 0. The van der Waals surface area contributed by atoms with Crippen molar-refractivity contribution in [1.82, 2.24) is 9.97 Å². The third kappa shape index (κ3) is 5.58. The topological polar surface area (TPSA) is 93.2 Å². The van der Waals surface area contributed by atoms with Crippen LogP contribution in [0.4, 0.5) is 16.0 Å². The van der Waals surface area contributed by atoms with Crippen molar-refractivity contribution >= 4 is 23.5 Å². The van der Waals surface area contributed by atoms with Crippen molar-refractivity contribution in [2.75, 3.05) is 17.2 Å². The first kappa shape index (κ1) is 19.9. The molecule has 0 saturated carbocycles. The Bertz CT molecular complexity index is 992. The van der Waals surface area contributed by atoms with Crippen LogP contribution in [-0.2, 0) is 11.3 Å². The molecule has 0 aliphatic rings. The van der Waals surface area contributed by atoms with Gasteiger partial charge in [0.2, 0.25) is 5.95 Å². The summed E-state index contributed by atoms with van der Waals surface area (Å²) in [4.78, 5) is 32.4. The van der Waals surface area contributed by atoms with E-state index in [4.69, 9.17) is 4.74 Å². The molecule has 0 unspecified atom stereocenters. The Labute approximate surface area is 167 Å². The van der Waals surface area contributed by atoms with E-state index in [9.17, 15) is 14.0 Å². The first-order valence-electron chi connectivity index (χ1n) is 8.95. The molecule has 29 heavy (non-hydrogen) atoms. The summed E-state index contributed by atoms with van der Waals surface area (Å²) in [7, 11) is 0. The molecule has 148 valence electrons. The van der Waals surface area contributed by atoms with Crippen LogP contribution in [0.2, 0.25) is 0 Å². The number of nitrogens with one attached hydrogen (secondary N) is 2. The lowest BCUT2D eigenvalue weighted by molar-refractivity contribution is 0.0526. The molecule has 2 aromatic carbocycles. The zero-order valence-electron chi connectivity index (χ0n) is 15.7. The number of rotatable bonds is 7. The number of halogens is 1. The Morgan fingerprint density at radius 2 is 1.76 bits per heavy atom. The fourth-order valence-electron chi connectivity index (χ4n) is 2.45. The van der Waals surface area contributed by atoms with Crippen LogP contribution in [0.15, 0.2) is 60.8 Å². The van der Waals surface area contributed by atoms with E-state index in [0.29, 0.717) is 24.4 Å². The predicted octanol–water partition coefficient (Wildman–Crippen LogP) is 3.66. The van der Waals surface area contributed by atoms with Gasteiger partial charge in [-0.3, -0.25) is 4.79 Å². The third-order valence-electron chi connectivity index (χ3n) is 3.91. The highest BCUT2D eigenvalue weighted by molar-refractivity contribution is 6.03. The highest BCUT2D eigenvalue weighted by Gasteiger charge is 2.11. The molecule has 0 aliphatic heterocycles. The maximum Gasteiger partial charge on any atom is 0.338 e. The van der Waals surface area contributed by atoms with Gasteiger partial charge in [0.15, 0.2) is 0 Å². The summed E-state index contributed by atoms with van der Waals surface area (Å²) < 4.78 is 17.9. The first-order valence-corrected chi connectivity index (χ1v) is 8.95. The number of hydrogen-bond donors (Lipinski definition) is 2. The number of hydrogen-bond acceptors (Lipinski definition) is 6. The lowest BCUT2D eigenvalue weighted by atomic mass is 10.2. The maximum atomic E-state index is 13.0. The summed E-state index contributed by atoms with van der Waals surface area (Å²) in [5, 5.41) is 5.71. The van der Waals surface area contributed by atoms with Crippen molar-refractivity contribution in [2.45, 2.75) is 13.5 Å². The number of aromatic nitrogens is 2. The summed E-state index contributed by atoms with van der Waals surface area (Å²) in [6, 6.07) is 13.9. The van der Waals surface area contributed by atoms with Gasteiger partial charge in [0.25, 0.3) is 5.91 Å². The summed E-state index contributed by atoms with van der Waals surface area (Å²) in [5.41, 5.74) is 1.95. The average molecular weight is 394 g/mol. The van der Waals surface area contributed by atoms with E-state index in [1.54, 1.807) is 43.3 Å². The molecule has 3 aromatic rings. The van der Waals surface area contributed by atoms with Gasteiger partial charge in [-0.2, -0.15) is 0 Å². The minimum absolute atomic E-state index is 0.177. The van der Waals surface area contributed by atoms with E-state index in [-0.39, 0.29) is 17.5 Å². The SMILES string of the molecule is CCOC(=O)c1ccc(NC(=O)c2ccnc(NCc3ccc(F)cc3)n2)cc1. The van der Waals surface area contributed by atoms with Gasteiger partial charge in [0.05, 0.1) is 12.2 Å². The zero-order chi connectivity index (χ0) is 20.6. The normalized spacial score (nSPS) is 10.3. The number of carbonyl (C=O) groups is 2. The van der Waals surface area contributed by atoms with Crippen molar-refractivity contribution in [1.29, 1.82) is 0 Å². The molecule has 1 aromatic heterocycles. The second-order valence-electron chi connectivity index (χ2n) is 6.00. The van der Waals surface area contributed by atoms with E-state index < -0.39 is 11.9 Å². The van der Waals surface area contributed by atoms with Crippen LogP contribution < -0.4 is 10.6 Å². The van der Waals surface area contributed by atoms with Crippen LogP contribution >= 0.6 is 0 Å². The highest BCUT2D eigenvalue weighted by atomic mass is 19.1. The molecular formula is C21H19FN4O3. The molecule has 2 N–H and O–H groups in total. The van der Waals surface area contributed by atoms with Crippen LogP contribution in [0.3, 0.4) is 0 Å². The fourth-order valence-corrected chi connectivity index (χ4v) is 2.45. The number of carbonyl (C=O) groups excluding carboxylic acids is 2. The molecule has 0 saturated heterocycles. The van der Waals surface area contributed by atoms with Crippen molar-refractivity contribution in [2.24, 2.45) is 0 Å². The van der Waals surface area contributed by atoms with Gasteiger partial charge in [0.1, 0.15) is 11.5 Å². The van der Waals surface area contributed by atoms with Crippen molar-refractivity contribution < 1.29 is 18.7 Å². The Morgan fingerprint density at radius 1 is 1.03 bits per heavy atom. The lowest BCUT2D eigenvalue weighted by Crippen LogP contribution is -2.15. The molecule has 0 radical (unpaired) electrons. The molecule has 0 bridgehead atoms. The summed E-state index contributed by atoms with van der Waals surface area (Å²) in [6.07, 6.45) is 1.47. The van der Waals surface area contributed by atoms with Crippen molar-refractivity contribution in [3.05, 3.63) is 83.4 Å². The van der Waals surface area contributed by atoms with Gasteiger partial charge in [0, 0.05) is 18.4 Å². The first-order chi connectivity index (χ1) is 14.0. The Kier molecular flexibility index (Phi) is 6.47. The van der Waals surface area contributed by atoms with Gasteiger partial charge in [-0.05, 0) is 55.0 Å². The molecule has 1 heterocycles. The van der Waals surface area contributed by atoms with Crippen molar-refractivity contribution in [3.63, 3.8) is 0 Å². The maximum absolute atomic E-state index is 13.0. The number of amides is 1. The second kappa shape index (κ2) is 9.41. The average Bonchev–Trinajstić information content (AvgIpc) is 2.74. The number of nitrogens with zero attached hydrogens (tertiary/aromatic N) is 2. The van der Waals surface area contributed by atoms with E-state index >= 15 is 0 Å². The predicted molar refractivity (Wildman–Crippen MR) is 106 cm³/mol. The van der Waals surface area contributed by atoms with Gasteiger partial charge in [-0.25, -0.2) is 19.2 Å². The molecule has 0 aliphatic carbocycles. The molecule has 0 fully saturated rings. The zero-order valence-corrected chi connectivity index (χ0v) is 15.7. The monoisotopic (exact) mass is 394 g/mol. The van der Waals surface area contributed by atoms with Gasteiger partial charge >= 0.3 is 5.97 Å². The van der Waals surface area contributed by atoms with E-state index in [1.165, 1.54) is 24.4 Å². The van der Waals surface area contributed by atoms with Crippen LogP contribution in [0.5, 0.6) is 0 Å². The third-order valence-corrected chi connectivity index (χ3v) is 3.91. The smallest absolute Gasteiger partial charge is 0.338 e. The molecule has 8 heteroatoms. The van der Waals surface area contributed by atoms with E-state index in [1.807, 2.05) is 0 Å². The molecule has 1 amide bonds. The number of ether oxygens (including phenoxy) is 1. The van der Waals surface area contributed by atoms with Crippen LogP contribution in [0, 0.1) is 5.82 Å². The Morgan fingerprint density at radius 3 is 2.45 bits per heavy atom. The molecular weight excluding hydrogens is 375 g/mol. The van der Waals surface area contributed by atoms with Gasteiger partial charge < -0.3 is 15.4 Å². The Balaban J connectivity index is 1.61. The number of anilines is 2. The second-order valence-corrected chi connectivity index (χ2v) is 6.00. The quantitative estimate of drug-likeness (QED) is 0.594. The number of esters is 1. The van der Waals surface area contributed by atoms with Crippen LogP contribution in [0.25, 0.3) is 0 Å². The van der Waals surface area contributed by atoms with Crippen molar-refractivity contribution in [3.8, 4) is 0 Å². The molecule has 7 nitrogen and oxygen atoms in total. The van der Waals surface area contributed by atoms with Crippen LogP contribution in [-0.4, -0.2) is 28.5 Å². The largest absolute Gasteiger partial charge is 0.462 e. The standard InChI is InChI=1S/C21H19FN4O3/c1-2-29-20(28)15-5-9-17(10-6-15)25-19(27)18-11-12-23-21(26-18)24-13-14-3-7-16(22)8-4-14/h3-12H,2,13H2,1H3,(H,25,27)(H,23,24,26). The molecule has 0 atom stereocenters. The lowest BCUT2D eigenvalue weighted by Gasteiger charge is -2.08. The van der Waals surface area contributed by atoms with E-state index in [0.717, 1.165) is 5.56 Å².